The highest BCUT2D eigenvalue weighted by molar-refractivity contribution is 14.1. The average Bonchev–Trinajstić information content (AvgIpc) is 2.64. The minimum absolute atomic E-state index is 0.200. The minimum atomic E-state index is -0.200. The third kappa shape index (κ3) is 4.91. The molecule has 0 unspecified atom stereocenters. The Hall–Kier alpha value is -2.16. The molecule has 0 aliphatic carbocycles. The number of ether oxygens (including phenoxy) is 4. The zero-order valence-corrected chi connectivity index (χ0v) is 16.5. The van der Waals surface area contributed by atoms with Gasteiger partial charge < -0.3 is 24.3 Å². The second-order valence-electron chi connectivity index (χ2n) is 4.94. The highest BCUT2D eigenvalue weighted by Gasteiger charge is 2.15. The molecule has 0 bridgehead atoms. The topological polar surface area (TPSA) is 66.0 Å². The van der Waals surface area contributed by atoms with E-state index in [9.17, 15) is 4.79 Å². The van der Waals surface area contributed by atoms with Crippen LogP contribution in [0.1, 0.15) is 10.4 Å². The maximum absolute atomic E-state index is 12.4. The van der Waals surface area contributed by atoms with E-state index in [-0.39, 0.29) is 5.91 Å². The summed E-state index contributed by atoms with van der Waals surface area (Å²) in [5, 5.41) is 2.83. The predicted molar refractivity (Wildman–Crippen MR) is 103 cm³/mol. The summed E-state index contributed by atoms with van der Waals surface area (Å²) in [7, 11) is 4.68. The lowest BCUT2D eigenvalue weighted by atomic mass is 10.2. The summed E-state index contributed by atoms with van der Waals surface area (Å²) in [4.78, 5) is 12.4. The zero-order chi connectivity index (χ0) is 18.2. The summed E-state index contributed by atoms with van der Waals surface area (Å²) in [5.41, 5.74) is 0.524. The van der Waals surface area contributed by atoms with Crippen LogP contribution in [0.3, 0.4) is 0 Å². The van der Waals surface area contributed by atoms with Gasteiger partial charge in [-0.25, -0.2) is 0 Å². The molecule has 0 aliphatic heterocycles. The number of halogens is 1. The number of hydrogen-bond donors (Lipinski definition) is 1. The molecule has 0 fully saturated rings. The lowest BCUT2D eigenvalue weighted by molar-refractivity contribution is 0.0945. The molecule has 0 heterocycles. The quantitative estimate of drug-likeness (QED) is 0.488. The van der Waals surface area contributed by atoms with Crippen molar-refractivity contribution in [1.82, 2.24) is 5.32 Å². The van der Waals surface area contributed by atoms with Gasteiger partial charge in [0.25, 0.3) is 5.91 Å². The molecule has 7 heteroatoms. The van der Waals surface area contributed by atoms with Crippen LogP contribution in [0.15, 0.2) is 36.4 Å². The Balaban J connectivity index is 1.94. The van der Waals surface area contributed by atoms with Crippen molar-refractivity contribution in [3.63, 3.8) is 0 Å². The van der Waals surface area contributed by atoms with Crippen molar-refractivity contribution < 1.29 is 23.7 Å². The normalized spacial score (nSPS) is 10.1. The SMILES string of the molecule is COc1cc(I)c(C(=O)NCCOc2ccccc2OC)cc1OC. The van der Waals surface area contributed by atoms with Crippen molar-refractivity contribution in [2.24, 2.45) is 0 Å². The van der Waals surface area contributed by atoms with Crippen LogP contribution >= 0.6 is 22.6 Å². The Morgan fingerprint density at radius 3 is 2.20 bits per heavy atom. The Morgan fingerprint density at radius 2 is 1.56 bits per heavy atom. The molecule has 0 spiro atoms. The fourth-order valence-corrected chi connectivity index (χ4v) is 2.87. The molecule has 0 aliphatic rings. The monoisotopic (exact) mass is 457 g/mol. The fraction of sp³-hybridized carbons (Fsp3) is 0.278. The standard InChI is InChI=1S/C18H20INO5/c1-22-14-6-4-5-7-15(14)25-9-8-20-18(21)12-10-16(23-2)17(24-3)11-13(12)19/h4-7,10-11H,8-9H2,1-3H3,(H,20,21). The van der Waals surface area contributed by atoms with Gasteiger partial charge in [0.05, 0.1) is 33.4 Å². The molecular formula is C18H20INO5. The van der Waals surface area contributed by atoms with Crippen LogP contribution in [0.25, 0.3) is 0 Å². The van der Waals surface area contributed by atoms with Crippen molar-refractivity contribution in [1.29, 1.82) is 0 Å². The van der Waals surface area contributed by atoms with E-state index in [0.717, 1.165) is 3.57 Å². The highest BCUT2D eigenvalue weighted by Crippen LogP contribution is 2.31. The van der Waals surface area contributed by atoms with Gasteiger partial charge >= 0.3 is 0 Å². The number of carbonyl (C=O) groups excluding carboxylic acids is 1. The predicted octanol–water partition coefficient (Wildman–Crippen LogP) is 3.13. The van der Waals surface area contributed by atoms with Gasteiger partial charge in [0, 0.05) is 3.57 Å². The molecule has 2 aromatic rings. The van der Waals surface area contributed by atoms with Gasteiger partial charge in [-0.1, -0.05) is 12.1 Å². The molecule has 2 aromatic carbocycles. The number of para-hydroxylation sites is 2. The van der Waals surface area contributed by atoms with Crippen molar-refractivity contribution in [2.75, 3.05) is 34.5 Å². The van der Waals surface area contributed by atoms with Crippen LogP contribution < -0.4 is 24.3 Å². The Labute approximate surface area is 160 Å². The lowest BCUT2D eigenvalue weighted by Gasteiger charge is -2.13. The number of rotatable bonds is 8. The molecule has 0 aromatic heterocycles. The first-order valence-corrected chi connectivity index (χ1v) is 8.64. The Kier molecular flexibility index (Phi) is 7.17. The largest absolute Gasteiger partial charge is 0.493 e. The van der Waals surface area contributed by atoms with Crippen LogP contribution in [0, 0.1) is 3.57 Å². The highest BCUT2D eigenvalue weighted by atomic mass is 127. The first-order valence-electron chi connectivity index (χ1n) is 7.56. The van der Waals surface area contributed by atoms with E-state index >= 15 is 0 Å². The van der Waals surface area contributed by atoms with E-state index in [0.29, 0.717) is 41.7 Å². The summed E-state index contributed by atoms with van der Waals surface area (Å²) in [5.74, 6) is 2.19. The number of carbonyl (C=O) groups is 1. The minimum Gasteiger partial charge on any atom is -0.493 e. The van der Waals surface area contributed by atoms with E-state index in [4.69, 9.17) is 18.9 Å². The molecule has 0 saturated carbocycles. The molecule has 2 rings (SSSR count). The van der Waals surface area contributed by atoms with Crippen LogP contribution in [0.4, 0.5) is 0 Å². The molecule has 0 atom stereocenters. The summed E-state index contributed by atoms with van der Waals surface area (Å²) >= 11 is 2.09. The van der Waals surface area contributed by atoms with E-state index in [1.54, 1.807) is 26.4 Å². The molecule has 6 nitrogen and oxygen atoms in total. The first kappa shape index (κ1) is 19.2. The van der Waals surface area contributed by atoms with Crippen LogP contribution in [0.2, 0.25) is 0 Å². The molecular weight excluding hydrogens is 437 g/mol. The molecule has 0 saturated heterocycles. The summed E-state index contributed by atoms with van der Waals surface area (Å²) < 4.78 is 22.1. The van der Waals surface area contributed by atoms with Gasteiger partial charge in [0.15, 0.2) is 23.0 Å². The van der Waals surface area contributed by atoms with Gasteiger partial charge in [-0.15, -0.1) is 0 Å². The van der Waals surface area contributed by atoms with Gasteiger partial charge in [0.1, 0.15) is 6.61 Å². The van der Waals surface area contributed by atoms with Crippen LogP contribution in [0.5, 0.6) is 23.0 Å². The molecule has 1 amide bonds. The maximum atomic E-state index is 12.4. The van der Waals surface area contributed by atoms with Crippen molar-refractivity contribution in [3.8, 4) is 23.0 Å². The third-order valence-electron chi connectivity index (χ3n) is 3.43. The van der Waals surface area contributed by atoms with Gasteiger partial charge in [-0.2, -0.15) is 0 Å². The van der Waals surface area contributed by atoms with Crippen molar-refractivity contribution in [2.45, 2.75) is 0 Å². The van der Waals surface area contributed by atoms with E-state index in [2.05, 4.69) is 27.9 Å². The number of methoxy groups -OCH3 is 3. The Bertz CT molecular complexity index is 735. The lowest BCUT2D eigenvalue weighted by Crippen LogP contribution is -2.28. The second-order valence-corrected chi connectivity index (χ2v) is 6.10. The average molecular weight is 457 g/mol. The third-order valence-corrected chi connectivity index (χ3v) is 4.32. The van der Waals surface area contributed by atoms with Crippen molar-refractivity contribution in [3.05, 3.63) is 45.5 Å². The number of hydrogen-bond acceptors (Lipinski definition) is 5. The van der Waals surface area contributed by atoms with Crippen LogP contribution in [-0.4, -0.2) is 40.4 Å². The number of benzene rings is 2. The molecule has 0 radical (unpaired) electrons. The Morgan fingerprint density at radius 1 is 0.960 bits per heavy atom. The van der Waals surface area contributed by atoms with Gasteiger partial charge in [-0.3, -0.25) is 4.79 Å². The van der Waals surface area contributed by atoms with Crippen molar-refractivity contribution >= 4 is 28.5 Å². The number of amides is 1. The molecule has 25 heavy (non-hydrogen) atoms. The number of nitrogens with one attached hydrogen (secondary N) is 1. The fourth-order valence-electron chi connectivity index (χ4n) is 2.19. The van der Waals surface area contributed by atoms with Crippen LogP contribution in [-0.2, 0) is 0 Å². The van der Waals surface area contributed by atoms with E-state index in [1.165, 1.54) is 7.11 Å². The summed E-state index contributed by atoms with van der Waals surface area (Å²) in [6, 6.07) is 10.8. The van der Waals surface area contributed by atoms with E-state index in [1.807, 2.05) is 24.3 Å². The van der Waals surface area contributed by atoms with Gasteiger partial charge in [0.2, 0.25) is 0 Å². The second kappa shape index (κ2) is 9.36. The molecule has 1 N–H and O–H groups in total. The zero-order valence-electron chi connectivity index (χ0n) is 14.3. The van der Waals surface area contributed by atoms with E-state index < -0.39 is 0 Å². The smallest absolute Gasteiger partial charge is 0.252 e. The summed E-state index contributed by atoms with van der Waals surface area (Å²) in [6.45, 7) is 0.692. The van der Waals surface area contributed by atoms with Gasteiger partial charge in [-0.05, 0) is 46.9 Å². The summed E-state index contributed by atoms with van der Waals surface area (Å²) in [6.07, 6.45) is 0. The molecule has 134 valence electrons. The first-order chi connectivity index (χ1) is 12.1. The maximum Gasteiger partial charge on any atom is 0.252 e.